The zero-order chi connectivity index (χ0) is 11.6. The second-order valence-corrected chi connectivity index (χ2v) is 4.11. The van der Waals surface area contributed by atoms with Crippen LogP contribution in [0, 0.1) is 5.82 Å². The van der Waals surface area contributed by atoms with Gasteiger partial charge >= 0.3 is 0 Å². The van der Waals surface area contributed by atoms with Crippen LogP contribution in [0.2, 0.25) is 0 Å². The minimum atomic E-state index is -0.287. The second kappa shape index (κ2) is 8.40. The summed E-state index contributed by atoms with van der Waals surface area (Å²) in [7, 11) is 0. The summed E-state index contributed by atoms with van der Waals surface area (Å²) in [6, 6.07) is 6.51. The van der Waals surface area contributed by atoms with E-state index in [2.05, 4.69) is 0 Å². The Hall–Kier alpha value is -0.760. The van der Waals surface area contributed by atoms with Gasteiger partial charge < -0.3 is 4.74 Å². The van der Waals surface area contributed by atoms with Crippen molar-refractivity contribution in [3.63, 3.8) is 0 Å². The van der Waals surface area contributed by atoms with Crippen LogP contribution in [-0.2, 0) is 0 Å². The third-order valence-corrected chi connectivity index (χ3v) is 2.64. The summed E-state index contributed by atoms with van der Waals surface area (Å²) in [5.41, 5.74) is 0. The van der Waals surface area contributed by atoms with Crippen molar-refractivity contribution in [2.24, 2.45) is 0 Å². The summed E-state index contributed by atoms with van der Waals surface area (Å²) in [6.07, 6.45) is 5.51. The molecule has 90 valence electrons. The van der Waals surface area contributed by atoms with Gasteiger partial charge in [0.25, 0.3) is 0 Å². The minimum Gasteiger partial charge on any atom is -0.491 e. The van der Waals surface area contributed by atoms with Gasteiger partial charge in [0, 0.05) is 5.88 Å². The third-order valence-electron chi connectivity index (χ3n) is 2.37. The van der Waals surface area contributed by atoms with Gasteiger partial charge in [-0.2, -0.15) is 0 Å². The number of hydrogen-bond donors (Lipinski definition) is 0. The molecule has 0 atom stereocenters. The summed E-state index contributed by atoms with van der Waals surface area (Å²) >= 11 is 5.57. The molecule has 1 rings (SSSR count). The molecular formula is C13H18ClFO. The first-order chi connectivity index (χ1) is 7.84. The van der Waals surface area contributed by atoms with Crippen molar-refractivity contribution in [1.29, 1.82) is 0 Å². The maximum atomic E-state index is 13.1. The van der Waals surface area contributed by atoms with E-state index in [1.807, 2.05) is 0 Å². The molecule has 0 N–H and O–H groups in total. The molecule has 0 spiro atoms. The normalized spacial score (nSPS) is 10.4. The highest BCUT2D eigenvalue weighted by atomic mass is 35.5. The lowest BCUT2D eigenvalue weighted by Crippen LogP contribution is -1.98. The molecule has 16 heavy (non-hydrogen) atoms. The van der Waals surface area contributed by atoms with Crippen molar-refractivity contribution in [3.8, 4) is 5.75 Å². The highest BCUT2D eigenvalue weighted by Crippen LogP contribution is 2.15. The Bertz CT molecular complexity index is 291. The van der Waals surface area contributed by atoms with E-state index in [0.717, 1.165) is 25.1 Å². The Morgan fingerprint density at radius 2 is 1.69 bits per heavy atom. The van der Waals surface area contributed by atoms with Crippen molar-refractivity contribution in [2.45, 2.75) is 32.1 Å². The molecule has 0 saturated heterocycles. The number of halogens is 2. The van der Waals surface area contributed by atoms with Gasteiger partial charge in [0.2, 0.25) is 0 Å². The van der Waals surface area contributed by atoms with Gasteiger partial charge in [-0.1, -0.05) is 31.4 Å². The van der Waals surface area contributed by atoms with Gasteiger partial charge in [-0.25, -0.2) is 4.39 Å². The fourth-order valence-corrected chi connectivity index (χ4v) is 1.66. The van der Waals surface area contributed by atoms with Crippen LogP contribution in [0.1, 0.15) is 32.1 Å². The summed E-state index contributed by atoms with van der Waals surface area (Å²) in [4.78, 5) is 0. The average Bonchev–Trinajstić information content (AvgIpc) is 2.30. The molecule has 1 nitrogen and oxygen atoms in total. The largest absolute Gasteiger partial charge is 0.491 e. The topological polar surface area (TPSA) is 9.23 Å². The van der Waals surface area contributed by atoms with Crippen LogP contribution in [0.4, 0.5) is 4.39 Å². The first-order valence-electron chi connectivity index (χ1n) is 5.78. The Labute approximate surface area is 102 Å². The standard InChI is InChI=1S/C13H18ClFO/c14-10-6-2-1-3-7-11-16-13-9-5-4-8-12(13)15/h4-5,8-9H,1-3,6-7,10-11H2. The molecule has 1 aromatic rings. The van der Waals surface area contributed by atoms with Crippen LogP contribution in [0.25, 0.3) is 0 Å². The zero-order valence-corrected chi connectivity index (χ0v) is 10.2. The van der Waals surface area contributed by atoms with Crippen LogP contribution < -0.4 is 4.74 Å². The molecule has 0 unspecified atom stereocenters. The zero-order valence-electron chi connectivity index (χ0n) is 9.42. The molecule has 0 heterocycles. The van der Waals surface area contributed by atoms with Crippen LogP contribution in [-0.4, -0.2) is 12.5 Å². The van der Waals surface area contributed by atoms with Gasteiger partial charge in [0.05, 0.1) is 6.61 Å². The van der Waals surface area contributed by atoms with Crippen molar-refractivity contribution in [3.05, 3.63) is 30.1 Å². The summed E-state index contributed by atoms with van der Waals surface area (Å²) in [5, 5.41) is 0. The number of rotatable bonds is 8. The maximum Gasteiger partial charge on any atom is 0.165 e. The minimum absolute atomic E-state index is 0.287. The summed E-state index contributed by atoms with van der Waals surface area (Å²) in [5.74, 6) is 0.805. The van der Waals surface area contributed by atoms with E-state index >= 15 is 0 Å². The van der Waals surface area contributed by atoms with Gasteiger partial charge in [0.15, 0.2) is 11.6 Å². The van der Waals surface area contributed by atoms with Crippen LogP contribution >= 0.6 is 11.6 Å². The lowest BCUT2D eigenvalue weighted by atomic mass is 10.2. The Balaban J connectivity index is 2.05. The number of alkyl halides is 1. The van der Waals surface area contributed by atoms with Crippen molar-refractivity contribution in [2.75, 3.05) is 12.5 Å². The molecule has 3 heteroatoms. The molecule has 1 aromatic carbocycles. The third kappa shape index (κ3) is 5.36. The lowest BCUT2D eigenvalue weighted by molar-refractivity contribution is 0.290. The van der Waals surface area contributed by atoms with Gasteiger partial charge in [-0.15, -0.1) is 11.6 Å². The van der Waals surface area contributed by atoms with E-state index < -0.39 is 0 Å². The number of ether oxygens (including phenoxy) is 1. The molecule has 0 aliphatic heterocycles. The average molecular weight is 245 g/mol. The van der Waals surface area contributed by atoms with Crippen LogP contribution in [0.5, 0.6) is 5.75 Å². The second-order valence-electron chi connectivity index (χ2n) is 3.74. The van der Waals surface area contributed by atoms with E-state index in [0.29, 0.717) is 12.4 Å². The molecular weight excluding hydrogens is 227 g/mol. The van der Waals surface area contributed by atoms with Gasteiger partial charge in [-0.3, -0.25) is 0 Å². The summed E-state index contributed by atoms with van der Waals surface area (Å²) < 4.78 is 18.5. The molecule has 0 bridgehead atoms. The number of hydrogen-bond acceptors (Lipinski definition) is 1. The number of unbranched alkanes of at least 4 members (excludes halogenated alkanes) is 4. The first-order valence-corrected chi connectivity index (χ1v) is 6.31. The highest BCUT2D eigenvalue weighted by Gasteiger charge is 2.00. The van der Waals surface area contributed by atoms with Crippen molar-refractivity contribution in [1.82, 2.24) is 0 Å². The Morgan fingerprint density at radius 3 is 2.44 bits per heavy atom. The lowest BCUT2D eigenvalue weighted by Gasteiger charge is -2.06. The molecule has 0 saturated carbocycles. The number of benzene rings is 1. The summed E-state index contributed by atoms with van der Waals surface area (Å²) in [6.45, 7) is 0.585. The van der Waals surface area contributed by atoms with E-state index in [9.17, 15) is 4.39 Å². The van der Waals surface area contributed by atoms with Crippen LogP contribution in [0.15, 0.2) is 24.3 Å². The van der Waals surface area contributed by atoms with Crippen molar-refractivity contribution < 1.29 is 9.13 Å². The fourth-order valence-electron chi connectivity index (χ4n) is 1.47. The smallest absolute Gasteiger partial charge is 0.165 e. The Kier molecular flexibility index (Phi) is 6.98. The van der Waals surface area contributed by atoms with E-state index in [1.54, 1.807) is 18.2 Å². The molecule has 0 aliphatic carbocycles. The first kappa shape index (κ1) is 13.3. The van der Waals surface area contributed by atoms with Gasteiger partial charge in [-0.05, 0) is 25.0 Å². The molecule has 0 fully saturated rings. The molecule has 0 aromatic heterocycles. The highest BCUT2D eigenvalue weighted by molar-refractivity contribution is 6.17. The Morgan fingerprint density at radius 1 is 1.00 bits per heavy atom. The SMILES string of the molecule is Fc1ccccc1OCCCCCCCCl. The van der Waals surface area contributed by atoms with E-state index in [-0.39, 0.29) is 5.82 Å². The van der Waals surface area contributed by atoms with Gasteiger partial charge in [0.1, 0.15) is 0 Å². The number of para-hydroxylation sites is 1. The monoisotopic (exact) mass is 244 g/mol. The van der Waals surface area contributed by atoms with E-state index in [4.69, 9.17) is 16.3 Å². The van der Waals surface area contributed by atoms with Crippen LogP contribution in [0.3, 0.4) is 0 Å². The molecule has 0 radical (unpaired) electrons. The predicted octanol–water partition coefficient (Wildman–Crippen LogP) is 4.39. The van der Waals surface area contributed by atoms with E-state index in [1.165, 1.54) is 18.9 Å². The quantitative estimate of drug-likeness (QED) is 0.487. The van der Waals surface area contributed by atoms with Crippen molar-refractivity contribution >= 4 is 11.6 Å². The maximum absolute atomic E-state index is 13.1. The molecule has 0 amide bonds. The molecule has 0 aliphatic rings. The predicted molar refractivity (Wildman–Crippen MR) is 65.7 cm³/mol. The fraction of sp³-hybridized carbons (Fsp3) is 0.538.